The Balaban J connectivity index is 1.80. The Kier molecular flexibility index (Phi) is 3.56. The third kappa shape index (κ3) is 2.84. The zero-order chi connectivity index (χ0) is 11.2. The topological polar surface area (TPSA) is 63.9 Å². The third-order valence-corrected chi connectivity index (χ3v) is 2.25. The first kappa shape index (κ1) is 10.7. The minimum absolute atomic E-state index is 0.493. The van der Waals surface area contributed by atoms with Gasteiger partial charge in [0.05, 0.1) is 6.61 Å². The van der Waals surface area contributed by atoms with E-state index in [0.29, 0.717) is 13.2 Å². The van der Waals surface area contributed by atoms with Crippen LogP contribution in [0.1, 0.15) is 11.5 Å². The summed E-state index contributed by atoms with van der Waals surface area (Å²) in [5.41, 5.74) is 6.43. The van der Waals surface area contributed by atoms with E-state index >= 15 is 0 Å². The number of nitrogens with one attached hydrogen (secondary N) is 1. The molecule has 16 heavy (non-hydrogen) atoms. The SMILES string of the molecule is NCc1cnc(CCOc2ccccc2)[nH]1. The van der Waals surface area contributed by atoms with E-state index in [1.807, 2.05) is 30.3 Å². The van der Waals surface area contributed by atoms with Gasteiger partial charge in [0.2, 0.25) is 0 Å². The number of nitrogens with two attached hydrogens (primary N) is 1. The van der Waals surface area contributed by atoms with Crippen LogP contribution in [0.15, 0.2) is 36.5 Å². The summed E-state index contributed by atoms with van der Waals surface area (Å²) >= 11 is 0. The van der Waals surface area contributed by atoms with Crippen LogP contribution in [-0.4, -0.2) is 16.6 Å². The molecule has 0 atom stereocenters. The Morgan fingerprint density at radius 3 is 2.75 bits per heavy atom. The lowest BCUT2D eigenvalue weighted by Crippen LogP contribution is -2.03. The van der Waals surface area contributed by atoms with Crippen molar-refractivity contribution in [2.75, 3.05) is 6.61 Å². The molecule has 1 aromatic heterocycles. The van der Waals surface area contributed by atoms with Crippen LogP contribution >= 0.6 is 0 Å². The predicted octanol–water partition coefficient (Wildman–Crippen LogP) is 1.49. The molecule has 0 bridgehead atoms. The number of ether oxygens (including phenoxy) is 1. The fourth-order valence-corrected chi connectivity index (χ4v) is 1.42. The van der Waals surface area contributed by atoms with E-state index in [-0.39, 0.29) is 0 Å². The van der Waals surface area contributed by atoms with E-state index in [9.17, 15) is 0 Å². The largest absolute Gasteiger partial charge is 0.493 e. The van der Waals surface area contributed by atoms with Gasteiger partial charge >= 0.3 is 0 Å². The van der Waals surface area contributed by atoms with E-state index in [2.05, 4.69) is 9.97 Å². The van der Waals surface area contributed by atoms with Crippen LogP contribution in [0.4, 0.5) is 0 Å². The summed E-state index contributed by atoms with van der Waals surface area (Å²) in [5, 5.41) is 0. The Hall–Kier alpha value is -1.81. The lowest BCUT2D eigenvalue weighted by atomic mass is 10.3. The summed E-state index contributed by atoms with van der Waals surface area (Å²) < 4.78 is 5.56. The van der Waals surface area contributed by atoms with Gasteiger partial charge in [-0.15, -0.1) is 0 Å². The number of benzene rings is 1. The van der Waals surface area contributed by atoms with Crippen LogP contribution < -0.4 is 10.5 Å². The molecule has 0 aliphatic carbocycles. The Morgan fingerprint density at radius 2 is 2.06 bits per heavy atom. The van der Waals surface area contributed by atoms with Crippen LogP contribution in [0.2, 0.25) is 0 Å². The van der Waals surface area contributed by atoms with Gasteiger partial charge in [-0.3, -0.25) is 0 Å². The molecule has 4 heteroatoms. The maximum atomic E-state index is 5.56. The van der Waals surface area contributed by atoms with Crippen molar-refractivity contribution in [2.24, 2.45) is 5.73 Å². The maximum Gasteiger partial charge on any atom is 0.119 e. The van der Waals surface area contributed by atoms with Crippen LogP contribution in [-0.2, 0) is 13.0 Å². The molecule has 0 radical (unpaired) electrons. The Labute approximate surface area is 94.5 Å². The first-order valence-electron chi connectivity index (χ1n) is 5.29. The van der Waals surface area contributed by atoms with Crippen molar-refractivity contribution < 1.29 is 4.74 Å². The first-order valence-corrected chi connectivity index (χ1v) is 5.29. The van der Waals surface area contributed by atoms with Crippen molar-refractivity contribution in [1.29, 1.82) is 0 Å². The van der Waals surface area contributed by atoms with E-state index in [1.54, 1.807) is 6.20 Å². The van der Waals surface area contributed by atoms with Gasteiger partial charge in [-0.1, -0.05) is 18.2 Å². The van der Waals surface area contributed by atoms with Crippen molar-refractivity contribution in [3.63, 3.8) is 0 Å². The highest BCUT2D eigenvalue weighted by Crippen LogP contribution is 2.08. The van der Waals surface area contributed by atoms with E-state index in [1.165, 1.54) is 0 Å². The van der Waals surface area contributed by atoms with Gasteiger partial charge < -0.3 is 15.5 Å². The van der Waals surface area contributed by atoms with Crippen molar-refractivity contribution in [3.05, 3.63) is 48.0 Å². The van der Waals surface area contributed by atoms with Crippen molar-refractivity contribution in [3.8, 4) is 5.75 Å². The Morgan fingerprint density at radius 1 is 1.25 bits per heavy atom. The average molecular weight is 217 g/mol. The summed E-state index contributed by atoms with van der Waals surface area (Å²) in [6.07, 6.45) is 2.52. The monoisotopic (exact) mass is 217 g/mol. The molecular weight excluding hydrogens is 202 g/mol. The second-order valence-corrected chi connectivity index (χ2v) is 3.47. The molecule has 0 amide bonds. The molecule has 0 aliphatic heterocycles. The minimum atomic E-state index is 0.493. The highest BCUT2D eigenvalue weighted by molar-refractivity contribution is 5.20. The highest BCUT2D eigenvalue weighted by Gasteiger charge is 1.99. The summed E-state index contributed by atoms with van der Waals surface area (Å²) in [4.78, 5) is 7.34. The summed E-state index contributed by atoms with van der Waals surface area (Å²) in [6.45, 7) is 1.11. The number of aromatic nitrogens is 2. The van der Waals surface area contributed by atoms with Gasteiger partial charge in [0.15, 0.2) is 0 Å². The molecule has 0 spiro atoms. The molecule has 84 valence electrons. The number of para-hydroxylation sites is 1. The number of rotatable bonds is 5. The lowest BCUT2D eigenvalue weighted by Gasteiger charge is -2.03. The zero-order valence-electron chi connectivity index (χ0n) is 9.02. The molecule has 4 nitrogen and oxygen atoms in total. The van der Waals surface area contributed by atoms with Crippen molar-refractivity contribution in [2.45, 2.75) is 13.0 Å². The van der Waals surface area contributed by atoms with Gasteiger partial charge in [-0.05, 0) is 12.1 Å². The average Bonchev–Trinajstić information content (AvgIpc) is 2.78. The lowest BCUT2D eigenvalue weighted by molar-refractivity contribution is 0.319. The normalized spacial score (nSPS) is 10.3. The molecule has 2 rings (SSSR count). The predicted molar refractivity (Wildman–Crippen MR) is 62.1 cm³/mol. The number of hydrogen-bond acceptors (Lipinski definition) is 3. The standard InChI is InChI=1S/C12H15N3O/c13-8-10-9-14-12(15-10)6-7-16-11-4-2-1-3-5-11/h1-5,9H,6-8,13H2,(H,14,15). The summed E-state index contributed by atoms with van der Waals surface area (Å²) in [6, 6.07) is 9.75. The van der Waals surface area contributed by atoms with Crippen molar-refractivity contribution >= 4 is 0 Å². The fourth-order valence-electron chi connectivity index (χ4n) is 1.42. The molecule has 0 saturated carbocycles. The molecule has 2 aromatic rings. The van der Waals surface area contributed by atoms with Gasteiger partial charge in [0.25, 0.3) is 0 Å². The molecule has 0 aliphatic rings. The van der Waals surface area contributed by atoms with Gasteiger partial charge in [0.1, 0.15) is 11.6 Å². The number of imidazole rings is 1. The number of hydrogen-bond donors (Lipinski definition) is 2. The van der Waals surface area contributed by atoms with E-state index < -0.39 is 0 Å². The maximum absolute atomic E-state index is 5.56. The van der Waals surface area contributed by atoms with Gasteiger partial charge in [0, 0.05) is 24.9 Å². The molecule has 1 heterocycles. The molecule has 0 saturated heterocycles. The molecule has 3 N–H and O–H groups in total. The second kappa shape index (κ2) is 5.32. The summed E-state index contributed by atoms with van der Waals surface area (Å²) in [7, 11) is 0. The van der Waals surface area contributed by atoms with Gasteiger partial charge in [-0.2, -0.15) is 0 Å². The van der Waals surface area contributed by atoms with Crippen LogP contribution in [0, 0.1) is 0 Å². The smallest absolute Gasteiger partial charge is 0.119 e. The van der Waals surface area contributed by atoms with E-state index in [4.69, 9.17) is 10.5 Å². The third-order valence-electron chi connectivity index (χ3n) is 2.25. The number of H-pyrrole nitrogens is 1. The van der Waals surface area contributed by atoms with Crippen molar-refractivity contribution in [1.82, 2.24) is 9.97 Å². The van der Waals surface area contributed by atoms with Gasteiger partial charge in [-0.25, -0.2) is 4.98 Å². The minimum Gasteiger partial charge on any atom is -0.493 e. The molecule has 0 fully saturated rings. The van der Waals surface area contributed by atoms with E-state index in [0.717, 1.165) is 23.7 Å². The molecule has 1 aromatic carbocycles. The fraction of sp³-hybridized carbons (Fsp3) is 0.250. The first-order chi connectivity index (χ1) is 7.88. The zero-order valence-corrected chi connectivity index (χ0v) is 9.02. The second-order valence-electron chi connectivity index (χ2n) is 3.47. The number of nitrogens with zero attached hydrogens (tertiary/aromatic N) is 1. The quantitative estimate of drug-likeness (QED) is 0.797. The molecule has 0 unspecified atom stereocenters. The van der Waals surface area contributed by atoms with Crippen LogP contribution in [0.3, 0.4) is 0 Å². The Bertz CT molecular complexity index is 425. The van der Waals surface area contributed by atoms with Crippen LogP contribution in [0.5, 0.6) is 5.75 Å². The summed E-state index contributed by atoms with van der Waals surface area (Å²) in [5.74, 6) is 1.80. The van der Waals surface area contributed by atoms with Crippen LogP contribution in [0.25, 0.3) is 0 Å². The molecular formula is C12H15N3O. The highest BCUT2D eigenvalue weighted by atomic mass is 16.5. The number of aromatic amines is 1.